The lowest BCUT2D eigenvalue weighted by Gasteiger charge is -2.26. The van der Waals surface area contributed by atoms with Gasteiger partial charge >= 0.3 is 5.97 Å². The van der Waals surface area contributed by atoms with Gasteiger partial charge in [-0.25, -0.2) is 4.98 Å². The van der Waals surface area contributed by atoms with Gasteiger partial charge in [-0.3, -0.25) is 4.79 Å². The van der Waals surface area contributed by atoms with E-state index in [0.717, 1.165) is 23.3 Å². The van der Waals surface area contributed by atoms with Crippen molar-refractivity contribution < 1.29 is 9.53 Å². The lowest BCUT2D eigenvalue weighted by molar-refractivity contribution is -0.140. The number of hydrogen-bond acceptors (Lipinski definition) is 5. The highest BCUT2D eigenvalue weighted by molar-refractivity contribution is 7.13. The number of hydrogen-bond donors (Lipinski definition) is 0. The molecule has 0 N–H and O–H groups in total. The highest BCUT2D eigenvalue weighted by Crippen LogP contribution is 2.33. The Bertz CT molecular complexity index is 427. The largest absolute Gasteiger partial charge is 0.469 e. The molecule has 4 nitrogen and oxygen atoms in total. The first-order valence-corrected chi connectivity index (χ1v) is 7.76. The minimum atomic E-state index is -0.173. The van der Waals surface area contributed by atoms with Gasteiger partial charge in [0.15, 0.2) is 5.13 Å². The summed E-state index contributed by atoms with van der Waals surface area (Å²) in [5, 5.41) is 3.14. The molecule has 1 aromatic rings. The van der Waals surface area contributed by atoms with Gasteiger partial charge in [0.05, 0.1) is 19.2 Å². The predicted octanol–water partition coefficient (Wildman–Crippen LogP) is 2.87. The molecule has 0 atom stereocenters. The monoisotopic (exact) mass is 282 g/mol. The van der Waals surface area contributed by atoms with Crippen LogP contribution in [0.3, 0.4) is 0 Å². The first kappa shape index (κ1) is 14.3. The van der Waals surface area contributed by atoms with Gasteiger partial charge in [0.25, 0.3) is 0 Å². The van der Waals surface area contributed by atoms with E-state index in [1.165, 1.54) is 20.0 Å². The van der Waals surface area contributed by atoms with Crippen LogP contribution < -0.4 is 4.90 Å². The summed E-state index contributed by atoms with van der Waals surface area (Å²) in [6, 6.07) is 0.472. The highest BCUT2D eigenvalue weighted by atomic mass is 32.1. The zero-order valence-corrected chi connectivity index (χ0v) is 12.7. The molecule has 19 heavy (non-hydrogen) atoms. The van der Waals surface area contributed by atoms with Crippen molar-refractivity contribution in [1.82, 2.24) is 4.98 Å². The predicted molar refractivity (Wildman–Crippen MR) is 77.7 cm³/mol. The summed E-state index contributed by atoms with van der Waals surface area (Å²) in [7, 11) is 1.42. The molecule has 1 fully saturated rings. The zero-order valence-electron chi connectivity index (χ0n) is 11.9. The fourth-order valence-electron chi connectivity index (χ4n) is 1.96. The molecular formula is C14H22N2O2S. The van der Waals surface area contributed by atoms with Crippen LogP contribution in [-0.2, 0) is 16.0 Å². The molecule has 0 bridgehead atoms. The molecule has 0 radical (unpaired) electrons. The number of nitrogens with zero attached hydrogens (tertiary/aromatic N) is 2. The lowest BCUT2D eigenvalue weighted by Crippen LogP contribution is -2.32. The second-order valence-electron chi connectivity index (χ2n) is 5.39. The van der Waals surface area contributed by atoms with Crippen molar-refractivity contribution in [3.05, 3.63) is 11.1 Å². The van der Waals surface area contributed by atoms with Gasteiger partial charge in [-0.05, 0) is 32.6 Å². The summed E-state index contributed by atoms with van der Waals surface area (Å²) in [5.41, 5.74) is 0.992. The van der Waals surface area contributed by atoms with Crippen molar-refractivity contribution in [2.75, 3.05) is 18.6 Å². The minimum Gasteiger partial charge on any atom is -0.469 e. The second-order valence-corrected chi connectivity index (χ2v) is 6.22. The van der Waals surface area contributed by atoms with Gasteiger partial charge in [0.2, 0.25) is 0 Å². The van der Waals surface area contributed by atoms with Crippen molar-refractivity contribution >= 4 is 22.4 Å². The van der Waals surface area contributed by atoms with E-state index in [-0.39, 0.29) is 5.97 Å². The third kappa shape index (κ3) is 4.20. The van der Waals surface area contributed by atoms with Gasteiger partial charge < -0.3 is 9.64 Å². The van der Waals surface area contributed by atoms with E-state index >= 15 is 0 Å². The van der Waals surface area contributed by atoms with Gasteiger partial charge in [-0.2, -0.15) is 0 Å². The van der Waals surface area contributed by atoms with Gasteiger partial charge in [-0.1, -0.05) is 0 Å². The molecule has 0 saturated heterocycles. The molecule has 0 spiro atoms. The standard InChI is InChI=1S/C14H22N2O2S/c1-10(2)16(8-11-4-5-11)14-15-12(9-19-14)6-7-13(17)18-3/h9-11H,4-8H2,1-3H3. The normalized spacial score (nSPS) is 14.7. The quantitative estimate of drug-likeness (QED) is 0.721. The third-order valence-corrected chi connectivity index (χ3v) is 4.30. The maximum Gasteiger partial charge on any atom is 0.305 e. The summed E-state index contributed by atoms with van der Waals surface area (Å²) in [6.07, 6.45) is 3.77. The van der Waals surface area contributed by atoms with E-state index in [1.807, 2.05) is 0 Å². The molecule has 2 rings (SSSR count). The zero-order chi connectivity index (χ0) is 13.8. The van der Waals surface area contributed by atoms with Crippen molar-refractivity contribution in [3.63, 3.8) is 0 Å². The van der Waals surface area contributed by atoms with Crippen LogP contribution in [0.25, 0.3) is 0 Å². The summed E-state index contributed by atoms with van der Waals surface area (Å²) in [4.78, 5) is 18.2. The maximum atomic E-state index is 11.1. The van der Waals surface area contributed by atoms with E-state index in [0.29, 0.717) is 18.9 Å². The van der Waals surface area contributed by atoms with Crippen molar-refractivity contribution in [1.29, 1.82) is 0 Å². The van der Waals surface area contributed by atoms with Crippen LogP contribution in [-0.4, -0.2) is 30.6 Å². The number of aryl methyl sites for hydroxylation is 1. The Labute approximate surface area is 118 Å². The van der Waals surface area contributed by atoms with E-state index < -0.39 is 0 Å². The number of ether oxygens (including phenoxy) is 1. The molecule has 1 aliphatic carbocycles. The van der Waals surface area contributed by atoms with Gasteiger partial charge in [0.1, 0.15) is 0 Å². The Morgan fingerprint density at radius 2 is 2.32 bits per heavy atom. The molecule has 0 aromatic carbocycles. The number of aromatic nitrogens is 1. The van der Waals surface area contributed by atoms with Crippen LogP contribution >= 0.6 is 11.3 Å². The SMILES string of the molecule is COC(=O)CCc1csc(N(CC2CC2)C(C)C)n1. The molecule has 106 valence electrons. The Kier molecular flexibility index (Phi) is 4.80. The number of thiazole rings is 1. The molecule has 0 unspecified atom stereocenters. The molecule has 1 aromatic heterocycles. The Morgan fingerprint density at radius 1 is 1.58 bits per heavy atom. The number of carbonyl (C=O) groups is 1. The van der Waals surface area contributed by atoms with Crippen LogP contribution in [0.15, 0.2) is 5.38 Å². The number of esters is 1. The van der Waals surface area contributed by atoms with E-state index in [9.17, 15) is 4.79 Å². The molecule has 0 amide bonds. The summed E-state index contributed by atoms with van der Waals surface area (Å²) >= 11 is 1.68. The Morgan fingerprint density at radius 3 is 2.89 bits per heavy atom. The number of anilines is 1. The molecule has 5 heteroatoms. The van der Waals surface area contributed by atoms with Crippen molar-refractivity contribution in [2.24, 2.45) is 5.92 Å². The average molecular weight is 282 g/mol. The van der Waals surface area contributed by atoms with Crippen molar-refractivity contribution in [3.8, 4) is 0 Å². The van der Waals surface area contributed by atoms with E-state index in [1.54, 1.807) is 11.3 Å². The number of rotatable bonds is 7. The van der Waals surface area contributed by atoms with E-state index in [4.69, 9.17) is 0 Å². The second kappa shape index (κ2) is 6.37. The van der Waals surface area contributed by atoms with Crippen molar-refractivity contribution in [2.45, 2.75) is 45.6 Å². The number of carbonyl (C=O) groups excluding carboxylic acids is 1. The highest BCUT2D eigenvalue weighted by Gasteiger charge is 2.26. The summed E-state index contributed by atoms with van der Waals surface area (Å²) < 4.78 is 4.65. The fourth-order valence-corrected chi connectivity index (χ4v) is 2.97. The van der Waals surface area contributed by atoms with Crippen LogP contribution in [0.2, 0.25) is 0 Å². The lowest BCUT2D eigenvalue weighted by atomic mass is 10.2. The Hall–Kier alpha value is -1.10. The Balaban J connectivity index is 1.95. The molecule has 1 saturated carbocycles. The molecule has 0 aliphatic heterocycles. The minimum absolute atomic E-state index is 0.173. The van der Waals surface area contributed by atoms with Crippen LogP contribution in [0, 0.1) is 5.92 Å². The first-order chi connectivity index (χ1) is 9.10. The fraction of sp³-hybridized carbons (Fsp3) is 0.714. The maximum absolute atomic E-state index is 11.1. The van der Waals surface area contributed by atoms with Crippen LogP contribution in [0.4, 0.5) is 5.13 Å². The molecular weight excluding hydrogens is 260 g/mol. The average Bonchev–Trinajstić information content (AvgIpc) is 3.10. The number of methoxy groups -OCH3 is 1. The molecule has 1 heterocycles. The summed E-state index contributed by atoms with van der Waals surface area (Å²) in [6.45, 7) is 5.53. The smallest absolute Gasteiger partial charge is 0.305 e. The molecule has 1 aliphatic rings. The van der Waals surface area contributed by atoms with E-state index in [2.05, 4.69) is 33.8 Å². The first-order valence-electron chi connectivity index (χ1n) is 6.88. The van der Waals surface area contributed by atoms with Crippen LogP contribution in [0.1, 0.15) is 38.8 Å². The van der Waals surface area contributed by atoms with Crippen LogP contribution in [0.5, 0.6) is 0 Å². The third-order valence-electron chi connectivity index (χ3n) is 3.37. The topological polar surface area (TPSA) is 42.4 Å². The summed E-state index contributed by atoms with van der Waals surface area (Å²) in [5.74, 6) is 0.679. The van der Waals surface area contributed by atoms with Gasteiger partial charge in [-0.15, -0.1) is 11.3 Å². The van der Waals surface area contributed by atoms with Gasteiger partial charge in [0, 0.05) is 24.4 Å².